The summed E-state index contributed by atoms with van der Waals surface area (Å²) < 4.78 is 0. The number of hydrogen-bond donors (Lipinski definition) is 2. The quantitative estimate of drug-likeness (QED) is 0.208. The van der Waals surface area contributed by atoms with Crippen LogP contribution in [-0.2, 0) is 0 Å². The standard InChI is InChI=1S/C30H27N.C7H8.CH3N/c1-3-10-26(23-11-6-5-7-12-23)24-15-17-25(18-16-24)28-20-19-27(22(4-2)21-31)29-13-8-9-14-30(28)29;1-7-5-3-2-4-6-7;1-2/h4-21,31H,3H2,1-2H3;2-6H,1H3;2H,1H2/b22-4+,26-10+,31-21?;;. The van der Waals surface area contributed by atoms with Crippen molar-refractivity contribution in [1.29, 1.82) is 10.8 Å². The molecule has 0 bridgehead atoms. The zero-order valence-electron chi connectivity index (χ0n) is 23.7. The van der Waals surface area contributed by atoms with Gasteiger partial charge in [0.2, 0.25) is 0 Å². The Hall–Kier alpha value is -4.82. The fourth-order valence-electron chi connectivity index (χ4n) is 4.71. The van der Waals surface area contributed by atoms with E-state index in [1.807, 2.05) is 31.2 Å². The van der Waals surface area contributed by atoms with Crippen LogP contribution in [0.15, 0.2) is 133 Å². The van der Waals surface area contributed by atoms with Crippen molar-refractivity contribution in [1.82, 2.24) is 0 Å². The lowest BCUT2D eigenvalue weighted by atomic mass is 9.90. The molecule has 0 saturated carbocycles. The van der Waals surface area contributed by atoms with E-state index in [4.69, 9.17) is 10.8 Å². The maximum absolute atomic E-state index is 7.76. The van der Waals surface area contributed by atoms with Crippen molar-refractivity contribution in [2.75, 3.05) is 0 Å². The van der Waals surface area contributed by atoms with E-state index in [1.54, 1.807) is 0 Å². The maximum atomic E-state index is 7.76. The summed E-state index contributed by atoms with van der Waals surface area (Å²) in [7, 11) is 0. The van der Waals surface area contributed by atoms with E-state index < -0.39 is 0 Å². The van der Waals surface area contributed by atoms with E-state index in [0.29, 0.717) is 0 Å². The number of rotatable bonds is 6. The zero-order valence-corrected chi connectivity index (χ0v) is 23.7. The summed E-state index contributed by atoms with van der Waals surface area (Å²) in [5, 5.41) is 15.6. The number of benzene rings is 5. The van der Waals surface area contributed by atoms with Gasteiger partial charge < -0.3 is 10.8 Å². The van der Waals surface area contributed by atoms with Gasteiger partial charge in [-0.3, -0.25) is 0 Å². The Kier molecular flexibility index (Phi) is 11.6. The van der Waals surface area contributed by atoms with E-state index in [9.17, 15) is 0 Å². The molecular weight excluding hydrogens is 484 g/mol. The average Bonchev–Trinajstić information content (AvgIpc) is 3.03. The molecule has 0 radical (unpaired) electrons. The van der Waals surface area contributed by atoms with E-state index in [2.05, 4.69) is 130 Å². The Bertz CT molecular complexity index is 1560. The van der Waals surface area contributed by atoms with Crippen molar-refractivity contribution in [3.8, 4) is 11.1 Å². The van der Waals surface area contributed by atoms with Crippen molar-refractivity contribution in [2.45, 2.75) is 27.2 Å². The molecule has 5 aromatic carbocycles. The summed E-state index contributed by atoms with van der Waals surface area (Å²) in [6, 6.07) is 42.5. The molecule has 200 valence electrons. The molecule has 0 aliphatic heterocycles. The van der Waals surface area contributed by atoms with Crippen LogP contribution in [0.4, 0.5) is 0 Å². The van der Waals surface area contributed by atoms with Crippen LogP contribution in [0.3, 0.4) is 0 Å². The molecule has 0 amide bonds. The lowest BCUT2D eigenvalue weighted by molar-refractivity contribution is 1.22. The van der Waals surface area contributed by atoms with Crippen LogP contribution >= 0.6 is 0 Å². The smallest absolute Gasteiger partial charge is 0.0253 e. The van der Waals surface area contributed by atoms with Gasteiger partial charge in [-0.05, 0) is 76.7 Å². The largest absolute Gasteiger partial charge is 0.317 e. The molecule has 0 atom stereocenters. The van der Waals surface area contributed by atoms with Gasteiger partial charge in [0.1, 0.15) is 0 Å². The fourth-order valence-corrected chi connectivity index (χ4v) is 4.71. The van der Waals surface area contributed by atoms with Gasteiger partial charge in [-0.1, -0.05) is 146 Å². The summed E-state index contributed by atoms with van der Waals surface area (Å²) >= 11 is 0. The van der Waals surface area contributed by atoms with Crippen LogP contribution in [0, 0.1) is 17.7 Å². The van der Waals surface area contributed by atoms with Gasteiger partial charge in [-0.15, -0.1) is 0 Å². The molecule has 0 aliphatic rings. The zero-order chi connectivity index (χ0) is 28.7. The summed E-state index contributed by atoms with van der Waals surface area (Å²) in [6.45, 7) is 8.74. The highest BCUT2D eigenvalue weighted by Crippen LogP contribution is 2.34. The van der Waals surface area contributed by atoms with Crippen LogP contribution in [0.25, 0.3) is 33.0 Å². The Morgan fingerprint density at radius 2 is 1.23 bits per heavy atom. The third-order valence-electron chi connectivity index (χ3n) is 6.64. The van der Waals surface area contributed by atoms with E-state index in [1.165, 1.54) is 50.4 Å². The van der Waals surface area contributed by atoms with Gasteiger partial charge in [0.15, 0.2) is 0 Å². The summed E-state index contributed by atoms with van der Waals surface area (Å²) in [6.07, 6.45) is 6.72. The number of fused-ring (bicyclic) bond motifs is 1. The molecule has 0 aromatic heterocycles. The molecule has 0 aliphatic carbocycles. The normalized spacial score (nSPS) is 11.1. The molecule has 0 fully saturated rings. The van der Waals surface area contributed by atoms with Gasteiger partial charge in [0.05, 0.1) is 0 Å². The van der Waals surface area contributed by atoms with E-state index >= 15 is 0 Å². The molecule has 2 N–H and O–H groups in total. The lowest BCUT2D eigenvalue weighted by Crippen LogP contribution is -1.91. The van der Waals surface area contributed by atoms with Crippen molar-refractivity contribution < 1.29 is 0 Å². The second kappa shape index (κ2) is 15.6. The van der Waals surface area contributed by atoms with Crippen molar-refractivity contribution in [3.05, 3.63) is 156 Å². The minimum absolute atomic E-state index is 0.940. The third-order valence-corrected chi connectivity index (χ3v) is 6.64. The minimum atomic E-state index is 0.940. The van der Waals surface area contributed by atoms with E-state index in [-0.39, 0.29) is 0 Å². The van der Waals surface area contributed by atoms with Gasteiger partial charge in [0.25, 0.3) is 0 Å². The first-order chi connectivity index (χ1) is 19.7. The first-order valence-corrected chi connectivity index (χ1v) is 13.6. The SMILES string of the molecule is C/C=C(\C=N)c1ccc(-c2ccc(/C(=C/CC)c3ccccc3)cc2)c2ccccc12.C=N.Cc1ccccc1. The average molecular weight is 523 g/mol. The van der Waals surface area contributed by atoms with E-state index in [0.717, 1.165) is 17.6 Å². The lowest BCUT2D eigenvalue weighted by Gasteiger charge is -2.13. The molecule has 0 unspecified atom stereocenters. The Labute approximate surface area is 239 Å². The van der Waals surface area contributed by atoms with Crippen molar-refractivity contribution in [2.24, 2.45) is 0 Å². The van der Waals surface area contributed by atoms with Gasteiger partial charge in [-0.25, -0.2) is 0 Å². The molecule has 5 aromatic rings. The van der Waals surface area contributed by atoms with Gasteiger partial charge in [-0.2, -0.15) is 0 Å². The molecule has 0 heterocycles. The Morgan fingerprint density at radius 3 is 1.75 bits per heavy atom. The first kappa shape index (κ1) is 29.7. The monoisotopic (exact) mass is 522 g/mol. The highest BCUT2D eigenvalue weighted by Gasteiger charge is 2.10. The minimum Gasteiger partial charge on any atom is -0.317 e. The van der Waals surface area contributed by atoms with Crippen LogP contribution in [0.2, 0.25) is 0 Å². The molecule has 2 heteroatoms. The van der Waals surface area contributed by atoms with Gasteiger partial charge >= 0.3 is 0 Å². The Morgan fingerprint density at radius 1 is 0.675 bits per heavy atom. The molecule has 5 rings (SSSR count). The summed E-state index contributed by atoms with van der Waals surface area (Å²) in [5.41, 5.74) is 9.54. The highest BCUT2D eigenvalue weighted by atomic mass is 14.3. The van der Waals surface area contributed by atoms with Crippen LogP contribution in [0.1, 0.15) is 42.5 Å². The topological polar surface area (TPSA) is 47.7 Å². The Balaban J connectivity index is 0.000000422. The molecule has 0 spiro atoms. The fraction of sp³-hybridized carbons (Fsp3) is 0.105. The predicted molar refractivity (Wildman–Crippen MR) is 177 cm³/mol. The van der Waals surface area contributed by atoms with Crippen LogP contribution in [0.5, 0.6) is 0 Å². The first-order valence-electron chi connectivity index (χ1n) is 13.6. The molecular formula is C38H38N2. The molecule has 2 nitrogen and oxygen atoms in total. The van der Waals surface area contributed by atoms with Crippen molar-refractivity contribution >= 4 is 34.9 Å². The molecule has 40 heavy (non-hydrogen) atoms. The third kappa shape index (κ3) is 7.39. The van der Waals surface area contributed by atoms with Crippen LogP contribution in [-0.4, -0.2) is 12.9 Å². The second-order valence-electron chi connectivity index (χ2n) is 9.22. The number of allylic oxidation sites excluding steroid dienone is 3. The summed E-state index contributed by atoms with van der Waals surface area (Å²) in [5.74, 6) is 0. The van der Waals surface area contributed by atoms with Gasteiger partial charge in [0, 0.05) is 6.21 Å². The molecule has 0 saturated heterocycles. The predicted octanol–water partition coefficient (Wildman–Crippen LogP) is 10.7. The maximum Gasteiger partial charge on any atom is 0.0253 e. The number of hydrogen-bond acceptors (Lipinski definition) is 2. The number of nitrogens with one attached hydrogen (secondary N) is 2. The summed E-state index contributed by atoms with van der Waals surface area (Å²) in [4.78, 5) is 0. The van der Waals surface area contributed by atoms with Crippen molar-refractivity contribution in [3.63, 3.8) is 0 Å². The number of aryl methyl sites for hydroxylation is 1. The van der Waals surface area contributed by atoms with Crippen LogP contribution < -0.4 is 0 Å². The second-order valence-corrected chi connectivity index (χ2v) is 9.22. The highest BCUT2D eigenvalue weighted by molar-refractivity contribution is 6.15.